The fraction of sp³-hybridized carbons (Fsp3) is 0. The molecule has 0 fully saturated rings. The first kappa shape index (κ1) is 6.40. The Morgan fingerprint density at radius 1 is 1.60 bits per heavy atom. The number of ketones is 1. The summed E-state index contributed by atoms with van der Waals surface area (Å²) < 4.78 is 0. The maximum atomic E-state index is 10.6. The number of rotatable bonds is 2. The van der Waals surface area contributed by atoms with E-state index in [1.165, 1.54) is 0 Å². The Labute approximate surface area is 55.4 Å². The lowest BCUT2D eigenvalue weighted by atomic mass is 10.3. The smallest absolute Gasteiger partial charge is 0.291 e. The highest BCUT2D eigenvalue weighted by atomic mass is 16.2. The number of carbonyl (C=O) groups excluding carboxylic acids is 2. The number of H-pyrrole nitrogens is 1. The van der Waals surface area contributed by atoms with Gasteiger partial charge in [0.2, 0.25) is 0 Å². The molecule has 10 heavy (non-hydrogen) atoms. The van der Waals surface area contributed by atoms with Crippen molar-refractivity contribution in [3.05, 3.63) is 11.9 Å². The van der Waals surface area contributed by atoms with Gasteiger partial charge in [0.1, 0.15) is 0 Å². The number of Topliss-reactive ketones (excluding diaryl/α,β-unsaturated/α-hetero) is 1. The van der Waals surface area contributed by atoms with E-state index in [2.05, 4.69) is 21.1 Å². The lowest BCUT2D eigenvalue weighted by molar-refractivity contribution is -0.114. The monoisotopic (exact) mass is 140 g/mol. The van der Waals surface area contributed by atoms with E-state index in [0.717, 1.165) is 6.20 Å². The van der Waals surface area contributed by atoms with Gasteiger partial charge in [-0.1, -0.05) is 0 Å². The molecule has 1 amide bonds. The van der Waals surface area contributed by atoms with Gasteiger partial charge < -0.3 is 5.73 Å². The summed E-state index contributed by atoms with van der Waals surface area (Å²) in [7, 11) is 0. The van der Waals surface area contributed by atoms with Crippen LogP contribution in [0.3, 0.4) is 0 Å². The summed E-state index contributed by atoms with van der Waals surface area (Å²) in [6.45, 7) is 0. The molecule has 52 valence electrons. The average molecular weight is 140 g/mol. The Morgan fingerprint density at radius 2 is 2.30 bits per heavy atom. The summed E-state index contributed by atoms with van der Waals surface area (Å²) in [5.41, 5.74) is 4.59. The van der Waals surface area contributed by atoms with E-state index in [-0.39, 0.29) is 5.69 Å². The largest absolute Gasteiger partial charge is 0.363 e. The number of aromatic amines is 1. The molecule has 0 aromatic carbocycles. The van der Waals surface area contributed by atoms with E-state index in [1.807, 2.05) is 0 Å². The normalized spacial score (nSPS) is 9.20. The van der Waals surface area contributed by atoms with Gasteiger partial charge in [0.15, 0.2) is 5.69 Å². The number of aromatic nitrogens is 3. The van der Waals surface area contributed by atoms with Crippen molar-refractivity contribution in [3.63, 3.8) is 0 Å². The molecule has 1 heterocycles. The first-order valence-electron chi connectivity index (χ1n) is 2.41. The molecule has 3 N–H and O–H groups in total. The maximum Gasteiger partial charge on any atom is 0.291 e. The number of carbonyl (C=O) groups is 2. The topological polar surface area (TPSA) is 102 Å². The van der Waals surface area contributed by atoms with Crippen molar-refractivity contribution in [2.45, 2.75) is 0 Å². The minimum absolute atomic E-state index is 0.0625. The van der Waals surface area contributed by atoms with Gasteiger partial charge in [-0.15, -0.1) is 0 Å². The lowest BCUT2D eigenvalue weighted by Gasteiger charge is -1.83. The zero-order valence-corrected chi connectivity index (χ0v) is 4.87. The third-order valence-corrected chi connectivity index (χ3v) is 0.871. The van der Waals surface area contributed by atoms with Crippen LogP contribution < -0.4 is 5.73 Å². The van der Waals surface area contributed by atoms with Crippen LogP contribution in [0.4, 0.5) is 0 Å². The molecule has 0 saturated heterocycles. The van der Waals surface area contributed by atoms with Crippen LogP contribution in [0.15, 0.2) is 6.20 Å². The summed E-state index contributed by atoms with van der Waals surface area (Å²) in [6.07, 6.45) is 1.13. The molecule has 0 saturated carbocycles. The van der Waals surface area contributed by atoms with Crippen molar-refractivity contribution in [1.29, 1.82) is 0 Å². The third kappa shape index (κ3) is 0.993. The van der Waals surface area contributed by atoms with Crippen molar-refractivity contribution in [2.24, 2.45) is 5.73 Å². The van der Waals surface area contributed by atoms with Gasteiger partial charge in [-0.3, -0.25) is 9.59 Å². The molecule has 1 aromatic rings. The van der Waals surface area contributed by atoms with E-state index < -0.39 is 11.7 Å². The summed E-state index contributed by atoms with van der Waals surface area (Å²) in [5, 5.41) is 8.85. The van der Waals surface area contributed by atoms with Gasteiger partial charge in [0, 0.05) is 0 Å². The molecule has 1 aromatic heterocycles. The number of amides is 1. The minimum Gasteiger partial charge on any atom is -0.363 e. The lowest BCUT2D eigenvalue weighted by Crippen LogP contribution is -2.23. The van der Waals surface area contributed by atoms with Crippen LogP contribution in [-0.2, 0) is 4.79 Å². The maximum absolute atomic E-state index is 10.6. The van der Waals surface area contributed by atoms with Crippen LogP contribution in [-0.4, -0.2) is 27.1 Å². The Kier molecular flexibility index (Phi) is 1.44. The number of primary amides is 1. The molecular formula is C4H4N4O2. The van der Waals surface area contributed by atoms with Crippen LogP contribution in [0.25, 0.3) is 0 Å². The van der Waals surface area contributed by atoms with Crippen LogP contribution in [0, 0.1) is 0 Å². The van der Waals surface area contributed by atoms with E-state index in [9.17, 15) is 9.59 Å². The molecule has 0 aliphatic heterocycles. The molecule has 6 heteroatoms. The molecule has 0 radical (unpaired) electrons. The fourth-order valence-electron chi connectivity index (χ4n) is 0.437. The van der Waals surface area contributed by atoms with Gasteiger partial charge in [0.05, 0.1) is 6.20 Å². The summed E-state index contributed by atoms with van der Waals surface area (Å²) in [5.74, 6) is -1.87. The summed E-state index contributed by atoms with van der Waals surface area (Å²) in [4.78, 5) is 20.8. The van der Waals surface area contributed by atoms with Crippen molar-refractivity contribution in [2.75, 3.05) is 0 Å². The van der Waals surface area contributed by atoms with Gasteiger partial charge in [-0.25, -0.2) is 0 Å². The van der Waals surface area contributed by atoms with E-state index in [0.29, 0.717) is 0 Å². The Balaban J connectivity index is 2.88. The second kappa shape index (κ2) is 2.26. The SMILES string of the molecule is NC(=O)C(=O)c1cn[nH]n1. The van der Waals surface area contributed by atoms with Crippen LogP contribution in [0.5, 0.6) is 0 Å². The standard InChI is InChI=1S/C4H4N4O2/c5-4(10)3(9)2-1-6-8-7-2/h1H,(H2,5,10)(H,6,7,8). The molecule has 0 spiro atoms. The average Bonchev–Trinajstić information content (AvgIpc) is 2.36. The molecule has 0 atom stereocenters. The zero-order chi connectivity index (χ0) is 7.56. The molecule has 0 aliphatic carbocycles. The number of nitrogens with two attached hydrogens (primary N) is 1. The Hall–Kier alpha value is -1.72. The first-order chi connectivity index (χ1) is 4.72. The molecule has 0 unspecified atom stereocenters. The second-order valence-corrected chi connectivity index (χ2v) is 1.55. The van der Waals surface area contributed by atoms with E-state index in [1.54, 1.807) is 0 Å². The predicted octanol–water partition coefficient (Wildman–Crippen LogP) is -1.53. The number of hydrogen-bond acceptors (Lipinski definition) is 4. The molecule has 6 nitrogen and oxygen atoms in total. The van der Waals surface area contributed by atoms with Crippen molar-refractivity contribution in [1.82, 2.24) is 15.4 Å². The van der Waals surface area contributed by atoms with Crippen molar-refractivity contribution < 1.29 is 9.59 Å². The summed E-state index contributed by atoms with van der Waals surface area (Å²) in [6, 6.07) is 0. The Bertz CT molecular complexity index is 252. The molecular weight excluding hydrogens is 136 g/mol. The fourth-order valence-corrected chi connectivity index (χ4v) is 0.437. The molecule has 0 aliphatic rings. The van der Waals surface area contributed by atoms with E-state index in [4.69, 9.17) is 0 Å². The molecule has 0 bridgehead atoms. The second-order valence-electron chi connectivity index (χ2n) is 1.55. The minimum atomic E-state index is -1.03. The Morgan fingerprint density at radius 3 is 2.70 bits per heavy atom. The predicted molar refractivity (Wildman–Crippen MR) is 29.9 cm³/mol. The van der Waals surface area contributed by atoms with Crippen molar-refractivity contribution in [3.8, 4) is 0 Å². The highest BCUT2D eigenvalue weighted by molar-refractivity contribution is 6.41. The highest BCUT2D eigenvalue weighted by Gasteiger charge is 2.13. The highest BCUT2D eigenvalue weighted by Crippen LogP contribution is 1.88. The number of nitrogens with one attached hydrogen (secondary N) is 1. The quantitative estimate of drug-likeness (QED) is 0.384. The number of hydrogen-bond donors (Lipinski definition) is 2. The van der Waals surface area contributed by atoms with Crippen LogP contribution in [0.1, 0.15) is 10.5 Å². The summed E-state index contributed by atoms with van der Waals surface area (Å²) >= 11 is 0. The first-order valence-corrected chi connectivity index (χ1v) is 2.41. The third-order valence-electron chi connectivity index (χ3n) is 0.871. The van der Waals surface area contributed by atoms with E-state index >= 15 is 0 Å². The van der Waals surface area contributed by atoms with Crippen LogP contribution >= 0.6 is 0 Å². The van der Waals surface area contributed by atoms with Gasteiger partial charge in [0.25, 0.3) is 11.7 Å². The number of nitrogens with zero attached hydrogens (tertiary/aromatic N) is 2. The van der Waals surface area contributed by atoms with Crippen molar-refractivity contribution >= 4 is 11.7 Å². The van der Waals surface area contributed by atoms with Crippen LogP contribution in [0.2, 0.25) is 0 Å². The molecule has 1 rings (SSSR count). The van der Waals surface area contributed by atoms with Gasteiger partial charge in [-0.2, -0.15) is 15.4 Å². The zero-order valence-electron chi connectivity index (χ0n) is 4.87. The van der Waals surface area contributed by atoms with Gasteiger partial charge in [-0.05, 0) is 0 Å². The van der Waals surface area contributed by atoms with Gasteiger partial charge >= 0.3 is 0 Å².